The van der Waals surface area contributed by atoms with Crippen LogP contribution in [0.2, 0.25) is 0 Å². The van der Waals surface area contributed by atoms with Crippen LogP contribution in [-0.4, -0.2) is 17.8 Å². The van der Waals surface area contributed by atoms with Gasteiger partial charge in [0, 0.05) is 22.9 Å². The van der Waals surface area contributed by atoms with E-state index in [1.54, 1.807) is 36.5 Å². The Kier molecular flexibility index (Phi) is 6.08. The maximum atomic E-state index is 12.9. The minimum absolute atomic E-state index is 0.141. The van der Waals surface area contributed by atoms with Crippen LogP contribution in [0.25, 0.3) is 5.65 Å². The van der Waals surface area contributed by atoms with Gasteiger partial charge in [0.05, 0.1) is 16.3 Å². The largest absolute Gasteiger partial charge is 0.278 e. The van der Waals surface area contributed by atoms with Crippen LogP contribution in [0.5, 0.6) is 0 Å². The van der Waals surface area contributed by atoms with Gasteiger partial charge in [0.1, 0.15) is 5.65 Å². The first-order valence-corrected chi connectivity index (χ1v) is 12.5. The highest BCUT2D eigenvalue weighted by Gasteiger charge is 2.17. The molecule has 32 heavy (non-hydrogen) atoms. The van der Waals surface area contributed by atoms with E-state index in [2.05, 4.69) is 9.71 Å². The van der Waals surface area contributed by atoms with Crippen molar-refractivity contribution >= 4 is 33.1 Å². The van der Waals surface area contributed by atoms with Crippen molar-refractivity contribution < 1.29 is 8.42 Å². The second kappa shape index (κ2) is 8.80. The zero-order valence-electron chi connectivity index (χ0n) is 18.0. The van der Waals surface area contributed by atoms with E-state index >= 15 is 0 Å². The lowest BCUT2D eigenvalue weighted by Crippen LogP contribution is -2.16. The van der Waals surface area contributed by atoms with E-state index in [0.717, 1.165) is 21.6 Å². The highest BCUT2D eigenvalue weighted by Crippen LogP contribution is 2.31. The van der Waals surface area contributed by atoms with E-state index in [0.29, 0.717) is 22.8 Å². The lowest BCUT2D eigenvalue weighted by molar-refractivity contribution is 0.601. The molecule has 0 spiro atoms. The molecule has 2 aromatic heterocycles. The summed E-state index contributed by atoms with van der Waals surface area (Å²) >= 11 is 1.43. The van der Waals surface area contributed by atoms with E-state index in [-0.39, 0.29) is 10.5 Å². The molecule has 0 saturated carbocycles. The van der Waals surface area contributed by atoms with Gasteiger partial charge in [-0.2, -0.15) is 0 Å². The fourth-order valence-electron chi connectivity index (χ4n) is 3.30. The predicted molar refractivity (Wildman–Crippen MR) is 129 cm³/mol. The minimum Gasteiger partial charge on any atom is -0.278 e. The molecule has 0 saturated heterocycles. The molecule has 0 atom stereocenters. The third-order valence-corrected chi connectivity index (χ3v) is 7.71. The Hall–Kier alpha value is -3.10. The Morgan fingerprint density at radius 3 is 2.50 bits per heavy atom. The molecule has 0 amide bonds. The first-order valence-electron chi connectivity index (χ1n) is 10.0. The van der Waals surface area contributed by atoms with Crippen molar-refractivity contribution in [3.8, 4) is 0 Å². The summed E-state index contributed by atoms with van der Waals surface area (Å²) in [4.78, 5) is 18.1. The molecule has 2 aromatic carbocycles. The molecule has 0 aliphatic heterocycles. The quantitative estimate of drug-likeness (QED) is 0.417. The molecular weight excluding hydrogens is 442 g/mol. The molecule has 0 aliphatic rings. The number of para-hydroxylation sites is 1. The zero-order valence-corrected chi connectivity index (χ0v) is 19.6. The van der Waals surface area contributed by atoms with Crippen molar-refractivity contribution in [3.63, 3.8) is 0 Å². The van der Waals surface area contributed by atoms with E-state index in [1.165, 1.54) is 22.2 Å². The summed E-state index contributed by atoms with van der Waals surface area (Å²) in [6.07, 6.45) is 1.70. The van der Waals surface area contributed by atoms with Crippen LogP contribution in [0.15, 0.2) is 81.4 Å². The molecule has 4 aromatic rings. The maximum Gasteiger partial charge on any atom is 0.261 e. The minimum atomic E-state index is -3.73. The molecule has 0 fully saturated rings. The third kappa shape index (κ3) is 4.56. The topological polar surface area (TPSA) is 80.5 Å². The lowest BCUT2D eigenvalue weighted by atomic mass is 10.1. The number of aromatic nitrogens is 2. The Labute approximate surface area is 191 Å². The van der Waals surface area contributed by atoms with Crippen molar-refractivity contribution in [2.75, 3.05) is 4.72 Å². The fourth-order valence-corrected chi connectivity index (χ4v) is 5.43. The van der Waals surface area contributed by atoms with Crippen LogP contribution in [0.4, 0.5) is 5.69 Å². The van der Waals surface area contributed by atoms with Crippen molar-refractivity contribution in [3.05, 3.63) is 99.6 Å². The number of fused-ring (bicyclic) bond motifs is 1. The molecule has 0 aliphatic carbocycles. The molecule has 0 unspecified atom stereocenters. The molecule has 8 heteroatoms. The highest BCUT2D eigenvalue weighted by atomic mass is 32.2. The number of rotatable bonds is 6. The van der Waals surface area contributed by atoms with E-state index < -0.39 is 10.0 Å². The monoisotopic (exact) mass is 465 g/mol. The second-order valence-electron chi connectivity index (χ2n) is 7.61. The number of pyridine rings is 1. The predicted octanol–water partition coefficient (Wildman–Crippen LogP) is 4.71. The van der Waals surface area contributed by atoms with Crippen LogP contribution >= 0.6 is 11.8 Å². The first-order chi connectivity index (χ1) is 15.2. The number of anilines is 1. The highest BCUT2D eigenvalue weighted by molar-refractivity contribution is 7.98. The second-order valence-corrected chi connectivity index (χ2v) is 10.3. The normalized spacial score (nSPS) is 11.6. The van der Waals surface area contributed by atoms with Crippen molar-refractivity contribution in [2.24, 2.45) is 0 Å². The maximum absolute atomic E-state index is 12.9. The summed E-state index contributed by atoms with van der Waals surface area (Å²) in [6.45, 7) is 5.74. The fraction of sp³-hybridized carbons (Fsp3) is 0.167. The van der Waals surface area contributed by atoms with Crippen LogP contribution < -0.4 is 10.3 Å². The summed E-state index contributed by atoms with van der Waals surface area (Å²) in [7, 11) is -3.73. The third-order valence-electron chi connectivity index (χ3n) is 5.23. The Balaban J connectivity index is 1.59. The number of nitrogens with one attached hydrogen (secondary N) is 1. The zero-order chi connectivity index (χ0) is 22.9. The van der Waals surface area contributed by atoms with Crippen LogP contribution in [-0.2, 0) is 15.8 Å². The summed E-state index contributed by atoms with van der Waals surface area (Å²) < 4.78 is 30.1. The van der Waals surface area contributed by atoms with Gasteiger partial charge in [-0.1, -0.05) is 24.3 Å². The van der Waals surface area contributed by atoms with Crippen LogP contribution in [0, 0.1) is 20.8 Å². The molecule has 4 rings (SSSR count). The Morgan fingerprint density at radius 2 is 1.72 bits per heavy atom. The average molecular weight is 466 g/mol. The van der Waals surface area contributed by atoms with E-state index in [1.807, 2.05) is 45.0 Å². The van der Waals surface area contributed by atoms with Gasteiger partial charge < -0.3 is 0 Å². The van der Waals surface area contributed by atoms with Crippen molar-refractivity contribution in [1.82, 2.24) is 9.38 Å². The van der Waals surface area contributed by atoms with Gasteiger partial charge in [-0.05, 0) is 67.8 Å². The number of hydrogen-bond acceptors (Lipinski definition) is 5. The summed E-state index contributed by atoms with van der Waals surface area (Å²) in [5.41, 5.74) is 4.48. The number of benzene rings is 2. The Morgan fingerprint density at radius 1 is 0.938 bits per heavy atom. The van der Waals surface area contributed by atoms with Gasteiger partial charge in [0.2, 0.25) is 0 Å². The van der Waals surface area contributed by atoms with Gasteiger partial charge in [0.25, 0.3) is 15.6 Å². The van der Waals surface area contributed by atoms with Gasteiger partial charge in [0.15, 0.2) is 0 Å². The van der Waals surface area contributed by atoms with Crippen LogP contribution in [0.1, 0.15) is 22.4 Å². The van der Waals surface area contributed by atoms with Gasteiger partial charge in [-0.15, -0.1) is 11.8 Å². The van der Waals surface area contributed by atoms with Gasteiger partial charge >= 0.3 is 0 Å². The number of sulfonamides is 1. The molecule has 2 heterocycles. The lowest BCUT2D eigenvalue weighted by Gasteiger charge is -2.13. The van der Waals surface area contributed by atoms with Crippen molar-refractivity contribution in [1.29, 1.82) is 0 Å². The number of nitrogens with zero attached hydrogens (tertiary/aromatic N) is 2. The summed E-state index contributed by atoms with van der Waals surface area (Å²) in [6, 6.07) is 17.5. The smallest absolute Gasteiger partial charge is 0.261 e. The first kappa shape index (κ1) is 22.1. The number of aryl methyl sites for hydroxylation is 3. The number of hydrogen-bond donors (Lipinski definition) is 1. The molecular formula is C24H23N3O3S2. The number of thioether (sulfide) groups is 1. The summed E-state index contributed by atoms with van der Waals surface area (Å²) in [5.74, 6) is 0.433. The molecule has 164 valence electrons. The van der Waals surface area contributed by atoms with Gasteiger partial charge in [-0.25, -0.2) is 13.4 Å². The van der Waals surface area contributed by atoms with Crippen molar-refractivity contribution in [2.45, 2.75) is 36.3 Å². The average Bonchev–Trinajstić information content (AvgIpc) is 2.75. The summed E-state index contributed by atoms with van der Waals surface area (Å²) in [5, 5.41) is 0. The van der Waals surface area contributed by atoms with E-state index in [9.17, 15) is 13.2 Å². The molecule has 0 bridgehead atoms. The van der Waals surface area contributed by atoms with Gasteiger partial charge in [-0.3, -0.25) is 13.9 Å². The molecule has 6 nitrogen and oxygen atoms in total. The standard InChI is InChI=1S/C24H23N3O3S2/c1-16-10-11-20(13-18(16)3)32(29,30)26-21-8-4-5-9-22(21)31-15-19-14-23(28)27-12-6-7-17(2)24(27)25-19/h4-14,26H,15H2,1-3H3. The SMILES string of the molecule is Cc1ccc(S(=O)(=O)Nc2ccccc2SCc2cc(=O)n3cccc(C)c3n2)cc1C. The van der Waals surface area contributed by atoms with E-state index in [4.69, 9.17) is 0 Å². The molecule has 1 N–H and O–H groups in total. The van der Waals surface area contributed by atoms with Crippen LogP contribution in [0.3, 0.4) is 0 Å². The Bertz CT molecular complexity index is 1480. The molecule has 0 radical (unpaired) electrons.